The summed E-state index contributed by atoms with van der Waals surface area (Å²) in [5.74, 6) is 0.402. The van der Waals surface area contributed by atoms with Crippen LogP contribution in [-0.2, 0) is 9.59 Å². The average molecular weight is 333 g/mol. The highest BCUT2D eigenvalue weighted by Gasteiger charge is 2.16. The van der Waals surface area contributed by atoms with E-state index < -0.39 is 5.97 Å². The predicted octanol–water partition coefficient (Wildman–Crippen LogP) is 3.65. The van der Waals surface area contributed by atoms with Crippen LogP contribution < -0.4 is 10.1 Å². The lowest BCUT2D eigenvalue weighted by molar-refractivity contribution is -0.137. The van der Waals surface area contributed by atoms with Gasteiger partial charge in [0.1, 0.15) is 5.76 Å². The van der Waals surface area contributed by atoms with Gasteiger partial charge >= 0.3 is 5.97 Å². The summed E-state index contributed by atoms with van der Waals surface area (Å²) in [5, 5.41) is 12.4. The van der Waals surface area contributed by atoms with Crippen LogP contribution in [0.25, 0.3) is 11.0 Å². The molecule has 0 aliphatic rings. The maximum absolute atomic E-state index is 11.9. The van der Waals surface area contributed by atoms with Crippen LogP contribution in [0.4, 0.5) is 0 Å². The van der Waals surface area contributed by atoms with Crippen LogP contribution in [0, 0.1) is 0 Å². The summed E-state index contributed by atoms with van der Waals surface area (Å²) in [7, 11) is 0. The van der Waals surface area contributed by atoms with Gasteiger partial charge in [-0.25, -0.2) is 0 Å². The topological polar surface area (TPSA) is 88.8 Å². The zero-order valence-electron chi connectivity index (χ0n) is 14.0. The molecule has 1 amide bonds. The average Bonchev–Trinajstić information content (AvgIpc) is 2.97. The van der Waals surface area contributed by atoms with Gasteiger partial charge < -0.3 is 19.6 Å². The number of benzene rings is 1. The Balaban J connectivity index is 1.95. The second-order valence-electron chi connectivity index (χ2n) is 5.65. The van der Waals surface area contributed by atoms with Crippen molar-refractivity contribution in [2.75, 3.05) is 6.61 Å². The minimum atomic E-state index is -0.837. The number of carboxylic acids is 1. The molecule has 0 fully saturated rings. The number of unbranched alkanes of at least 4 members (excludes halogenated alkanes) is 1. The van der Waals surface area contributed by atoms with Crippen molar-refractivity contribution in [1.29, 1.82) is 0 Å². The Morgan fingerprint density at radius 3 is 2.75 bits per heavy atom. The summed E-state index contributed by atoms with van der Waals surface area (Å²) in [5.41, 5.74) is 0.678. The molecular weight excluding hydrogens is 310 g/mol. The monoisotopic (exact) mass is 333 g/mol. The predicted molar refractivity (Wildman–Crippen MR) is 90.0 cm³/mol. The standard InChI is InChI=1S/C18H23NO5/c1-3-23-14-8-6-7-13-11-15(24-18(13)14)12(2)19-16(20)9-4-5-10-17(21)22/h6-8,11-12H,3-5,9-10H2,1-2H3,(H,19,20)(H,21,22). The lowest BCUT2D eigenvalue weighted by Gasteiger charge is -2.11. The number of nitrogens with one attached hydrogen (secondary N) is 1. The van der Waals surface area contributed by atoms with Crippen LogP contribution in [0.1, 0.15) is 51.3 Å². The lowest BCUT2D eigenvalue weighted by atomic mass is 10.1. The van der Waals surface area contributed by atoms with Crippen molar-refractivity contribution in [3.8, 4) is 5.75 Å². The maximum Gasteiger partial charge on any atom is 0.303 e. The highest BCUT2D eigenvalue weighted by molar-refractivity contribution is 5.84. The van der Waals surface area contributed by atoms with E-state index in [1.165, 1.54) is 0 Å². The zero-order chi connectivity index (χ0) is 17.5. The van der Waals surface area contributed by atoms with Gasteiger partial charge in [-0.1, -0.05) is 12.1 Å². The zero-order valence-corrected chi connectivity index (χ0v) is 14.0. The van der Waals surface area contributed by atoms with Gasteiger partial charge in [0.15, 0.2) is 11.3 Å². The smallest absolute Gasteiger partial charge is 0.303 e. The van der Waals surface area contributed by atoms with Crippen LogP contribution in [0.2, 0.25) is 0 Å². The number of furan rings is 1. The molecule has 6 nitrogen and oxygen atoms in total. The van der Waals surface area contributed by atoms with Crippen molar-refractivity contribution < 1.29 is 23.8 Å². The van der Waals surface area contributed by atoms with Crippen molar-refractivity contribution in [2.45, 2.75) is 45.6 Å². The van der Waals surface area contributed by atoms with Crippen molar-refractivity contribution >= 4 is 22.8 Å². The first-order valence-electron chi connectivity index (χ1n) is 8.17. The van der Waals surface area contributed by atoms with Crippen LogP contribution in [0.15, 0.2) is 28.7 Å². The summed E-state index contributed by atoms with van der Waals surface area (Å²) in [6.07, 6.45) is 1.45. The van der Waals surface area contributed by atoms with E-state index in [0.29, 0.717) is 43.0 Å². The van der Waals surface area contributed by atoms with Gasteiger partial charge in [-0.05, 0) is 38.8 Å². The number of rotatable bonds is 9. The molecule has 24 heavy (non-hydrogen) atoms. The number of ether oxygens (including phenoxy) is 1. The van der Waals surface area contributed by atoms with Gasteiger partial charge in [-0.15, -0.1) is 0 Å². The molecule has 0 saturated heterocycles. The Labute approximate surface area is 140 Å². The number of fused-ring (bicyclic) bond motifs is 1. The number of carboxylic acid groups (broad SMARTS) is 1. The molecule has 2 aromatic rings. The van der Waals surface area contributed by atoms with Gasteiger partial charge in [0.05, 0.1) is 12.6 Å². The summed E-state index contributed by atoms with van der Waals surface area (Å²) in [4.78, 5) is 22.4. The first kappa shape index (κ1) is 17.8. The van der Waals surface area contributed by atoms with Gasteiger partial charge in [-0.2, -0.15) is 0 Å². The molecular formula is C18H23NO5. The second-order valence-corrected chi connectivity index (χ2v) is 5.65. The lowest BCUT2D eigenvalue weighted by Crippen LogP contribution is -2.26. The molecule has 6 heteroatoms. The largest absolute Gasteiger partial charge is 0.490 e. The van der Waals surface area contributed by atoms with Crippen LogP contribution in [-0.4, -0.2) is 23.6 Å². The van der Waals surface area contributed by atoms with E-state index in [1.807, 2.05) is 38.1 Å². The highest BCUT2D eigenvalue weighted by Crippen LogP contribution is 2.31. The Bertz CT molecular complexity index is 706. The molecule has 0 spiro atoms. The fraction of sp³-hybridized carbons (Fsp3) is 0.444. The Morgan fingerprint density at radius 1 is 1.29 bits per heavy atom. The van der Waals surface area contributed by atoms with Gasteiger partial charge in [-0.3, -0.25) is 9.59 Å². The Kier molecular flexibility index (Phi) is 6.23. The summed E-state index contributed by atoms with van der Waals surface area (Å²) >= 11 is 0. The van der Waals surface area contributed by atoms with E-state index in [9.17, 15) is 9.59 Å². The number of amides is 1. The maximum atomic E-state index is 11.9. The first-order valence-corrected chi connectivity index (χ1v) is 8.17. The van der Waals surface area contributed by atoms with Gasteiger partial charge in [0, 0.05) is 18.2 Å². The number of carbonyl (C=O) groups excluding carboxylic acids is 1. The molecule has 0 radical (unpaired) electrons. The molecule has 2 N–H and O–H groups in total. The fourth-order valence-electron chi connectivity index (χ4n) is 2.49. The second kappa shape index (κ2) is 8.38. The molecule has 0 saturated carbocycles. The molecule has 2 rings (SSSR count). The Hall–Kier alpha value is -2.50. The van der Waals surface area contributed by atoms with E-state index in [2.05, 4.69) is 5.32 Å². The minimum absolute atomic E-state index is 0.0899. The first-order chi connectivity index (χ1) is 11.5. The van der Waals surface area contributed by atoms with Crippen molar-refractivity contribution in [3.05, 3.63) is 30.0 Å². The minimum Gasteiger partial charge on any atom is -0.490 e. The fourth-order valence-corrected chi connectivity index (χ4v) is 2.49. The SMILES string of the molecule is CCOc1cccc2cc(C(C)NC(=O)CCCCC(=O)O)oc12. The van der Waals surface area contributed by atoms with E-state index in [-0.39, 0.29) is 18.4 Å². The van der Waals surface area contributed by atoms with E-state index in [1.54, 1.807) is 0 Å². The van der Waals surface area contributed by atoms with Crippen molar-refractivity contribution in [2.24, 2.45) is 0 Å². The number of para-hydroxylation sites is 1. The van der Waals surface area contributed by atoms with Gasteiger partial charge in [0.2, 0.25) is 5.91 Å². The number of hydrogen-bond donors (Lipinski definition) is 2. The number of aliphatic carboxylic acids is 1. The summed E-state index contributed by atoms with van der Waals surface area (Å²) in [6, 6.07) is 7.32. The molecule has 1 aromatic carbocycles. The van der Waals surface area contributed by atoms with Crippen LogP contribution >= 0.6 is 0 Å². The van der Waals surface area contributed by atoms with E-state index in [4.69, 9.17) is 14.3 Å². The number of carbonyl (C=O) groups is 2. The van der Waals surface area contributed by atoms with Crippen LogP contribution in [0.5, 0.6) is 5.75 Å². The quantitative estimate of drug-likeness (QED) is 0.684. The molecule has 0 aliphatic carbocycles. The highest BCUT2D eigenvalue weighted by atomic mass is 16.5. The third-order valence-corrected chi connectivity index (χ3v) is 3.68. The summed E-state index contributed by atoms with van der Waals surface area (Å²) in [6.45, 7) is 4.32. The molecule has 1 heterocycles. The normalized spacial score (nSPS) is 12.1. The third-order valence-electron chi connectivity index (χ3n) is 3.68. The molecule has 0 aliphatic heterocycles. The third kappa shape index (κ3) is 4.75. The molecule has 1 aromatic heterocycles. The van der Waals surface area contributed by atoms with Gasteiger partial charge in [0.25, 0.3) is 0 Å². The summed E-state index contributed by atoms with van der Waals surface area (Å²) < 4.78 is 11.4. The van der Waals surface area contributed by atoms with Crippen molar-refractivity contribution in [1.82, 2.24) is 5.32 Å². The van der Waals surface area contributed by atoms with Crippen LogP contribution in [0.3, 0.4) is 0 Å². The molecule has 130 valence electrons. The molecule has 1 atom stereocenters. The molecule has 1 unspecified atom stereocenters. The van der Waals surface area contributed by atoms with Crippen molar-refractivity contribution in [3.63, 3.8) is 0 Å². The van der Waals surface area contributed by atoms with E-state index >= 15 is 0 Å². The number of hydrogen-bond acceptors (Lipinski definition) is 4. The van der Waals surface area contributed by atoms with E-state index in [0.717, 1.165) is 5.39 Å². The molecule has 0 bridgehead atoms. The Morgan fingerprint density at radius 2 is 2.04 bits per heavy atom.